The molecule has 0 radical (unpaired) electrons. The van der Waals surface area contributed by atoms with Crippen LogP contribution in [0.4, 0.5) is 5.69 Å². The zero-order chi connectivity index (χ0) is 16.0. The van der Waals surface area contributed by atoms with Crippen LogP contribution < -0.4 is 10.6 Å². The fourth-order valence-electron chi connectivity index (χ4n) is 3.35. The lowest BCUT2D eigenvalue weighted by molar-refractivity contribution is -0.119. The first-order chi connectivity index (χ1) is 11.1. The number of para-hydroxylation sites is 1. The SMILES string of the molecule is Cc1cccn2cc(CN3c4ccccc4C[C@H]3C(N)=O)nc12. The van der Waals surface area contributed by atoms with Crippen molar-refractivity contribution in [2.75, 3.05) is 4.90 Å². The van der Waals surface area contributed by atoms with Crippen LogP contribution in [0.15, 0.2) is 48.8 Å². The van der Waals surface area contributed by atoms with Crippen molar-refractivity contribution in [1.29, 1.82) is 0 Å². The lowest BCUT2D eigenvalue weighted by atomic mass is 10.1. The minimum absolute atomic E-state index is 0.291. The number of hydrogen-bond acceptors (Lipinski definition) is 3. The Bertz CT molecular complexity index is 899. The highest BCUT2D eigenvalue weighted by Crippen LogP contribution is 2.33. The topological polar surface area (TPSA) is 63.6 Å². The molecule has 0 saturated carbocycles. The molecule has 1 aromatic carbocycles. The number of imidazole rings is 1. The van der Waals surface area contributed by atoms with Crippen molar-refractivity contribution in [2.24, 2.45) is 5.73 Å². The molecule has 1 aliphatic heterocycles. The second-order valence-electron chi connectivity index (χ2n) is 6.03. The van der Waals surface area contributed by atoms with Gasteiger partial charge in [-0.3, -0.25) is 4.79 Å². The van der Waals surface area contributed by atoms with Crippen LogP contribution in [0.25, 0.3) is 5.65 Å². The van der Waals surface area contributed by atoms with Gasteiger partial charge in [0.05, 0.1) is 12.2 Å². The fourth-order valence-corrected chi connectivity index (χ4v) is 3.35. The van der Waals surface area contributed by atoms with E-state index in [1.54, 1.807) is 0 Å². The van der Waals surface area contributed by atoms with Gasteiger partial charge < -0.3 is 15.0 Å². The minimum Gasteiger partial charge on any atom is -0.368 e. The molecule has 1 aliphatic rings. The predicted octanol–water partition coefficient (Wildman–Crippen LogP) is 2.06. The van der Waals surface area contributed by atoms with Gasteiger partial charge in [0.25, 0.3) is 0 Å². The number of nitrogens with zero attached hydrogens (tertiary/aromatic N) is 3. The molecule has 0 unspecified atom stereocenters. The number of carbonyl (C=O) groups is 1. The molecule has 3 aromatic rings. The quantitative estimate of drug-likeness (QED) is 0.805. The van der Waals surface area contributed by atoms with Gasteiger partial charge in [0.15, 0.2) is 0 Å². The van der Waals surface area contributed by atoms with Crippen molar-refractivity contribution in [3.63, 3.8) is 0 Å². The first-order valence-electron chi connectivity index (χ1n) is 7.70. The van der Waals surface area contributed by atoms with Crippen molar-refractivity contribution in [3.8, 4) is 0 Å². The highest BCUT2D eigenvalue weighted by Gasteiger charge is 2.33. The summed E-state index contributed by atoms with van der Waals surface area (Å²) in [6, 6.07) is 11.8. The molecule has 0 bridgehead atoms. The fraction of sp³-hybridized carbons (Fsp3) is 0.222. The number of fused-ring (bicyclic) bond motifs is 2. The van der Waals surface area contributed by atoms with Crippen LogP contribution in [0.5, 0.6) is 0 Å². The van der Waals surface area contributed by atoms with E-state index in [0.717, 1.165) is 28.2 Å². The Kier molecular flexibility index (Phi) is 3.08. The number of anilines is 1. The normalized spacial score (nSPS) is 16.7. The van der Waals surface area contributed by atoms with Crippen LogP contribution in [0.1, 0.15) is 16.8 Å². The highest BCUT2D eigenvalue weighted by atomic mass is 16.1. The summed E-state index contributed by atoms with van der Waals surface area (Å²) in [5.74, 6) is -0.291. The molecule has 0 aliphatic carbocycles. The highest BCUT2D eigenvalue weighted by molar-refractivity contribution is 5.86. The smallest absolute Gasteiger partial charge is 0.240 e. The second kappa shape index (κ2) is 5.12. The standard InChI is InChI=1S/C18H18N4O/c1-12-5-4-8-21-10-14(20-18(12)21)11-22-15-7-3-2-6-13(15)9-16(22)17(19)23/h2-8,10,16H,9,11H2,1H3,(H2,19,23)/t16-/m0/s1. The van der Waals surface area contributed by atoms with Crippen molar-refractivity contribution in [2.45, 2.75) is 25.9 Å². The molecule has 5 heteroatoms. The van der Waals surface area contributed by atoms with Gasteiger partial charge in [-0.05, 0) is 30.2 Å². The molecule has 4 rings (SSSR count). The third kappa shape index (κ3) is 2.25. The van der Waals surface area contributed by atoms with Crippen LogP contribution in [0.3, 0.4) is 0 Å². The van der Waals surface area contributed by atoms with Gasteiger partial charge in [-0.25, -0.2) is 4.98 Å². The Morgan fingerprint density at radius 3 is 2.91 bits per heavy atom. The summed E-state index contributed by atoms with van der Waals surface area (Å²) < 4.78 is 2.02. The maximum absolute atomic E-state index is 11.9. The van der Waals surface area contributed by atoms with Crippen LogP contribution in [-0.2, 0) is 17.8 Å². The number of carbonyl (C=O) groups excluding carboxylic acids is 1. The first kappa shape index (κ1) is 13.8. The maximum atomic E-state index is 11.9. The summed E-state index contributed by atoms with van der Waals surface area (Å²) in [4.78, 5) is 18.6. The van der Waals surface area contributed by atoms with Crippen molar-refractivity contribution < 1.29 is 4.79 Å². The van der Waals surface area contributed by atoms with Crippen molar-refractivity contribution in [1.82, 2.24) is 9.38 Å². The van der Waals surface area contributed by atoms with E-state index < -0.39 is 0 Å². The average molecular weight is 306 g/mol. The Labute approximate surface area is 134 Å². The van der Waals surface area contributed by atoms with E-state index >= 15 is 0 Å². The third-order valence-electron chi connectivity index (χ3n) is 4.48. The molecule has 2 N–H and O–H groups in total. The van der Waals surface area contributed by atoms with Gasteiger partial charge in [0.2, 0.25) is 5.91 Å². The summed E-state index contributed by atoms with van der Waals surface area (Å²) >= 11 is 0. The molecular weight excluding hydrogens is 288 g/mol. The van der Waals surface area contributed by atoms with Crippen LogP contribution in [0.2, 0.25) is 0 Å². The Hall–Kier alpha value is -2.82. The average Bonchev–Trinajstić information content (AvgIpc) is 3.10. The van der Waals surface area contributed by atoms with Crippen LogP contribution in [0, 0.1) is 6.92 Å². The third-order valence-corrected chi connectivity index (χ3v) is 4.48. The molecule has 0 spiro atoms. The van der Waals surface area contributed by atoms with E-state index in [1.165, 1.54) is 0 Å². The van der Waals surface area contributed by atoms with Crippen molar-refractivity contribution >= 4 is 17.2 Å². The van der Waals surface area contributed by atoms with E-state index in [-0.39, 0.29) is 11.9 Å². The molecule has 2 aromatic heterocycles. The number of hydrogen-bond donors (Lipinski definition) is 1. The van der Waals surface area contributed by atoms with Gasteiger partial charge in [-0.15, -0.1) is 0 Å². The number of rotatable bonds is 3. The number of primary amides is 1. The lowest BCUT2D eigenvalue weighted by Crippen LogP contribution is -2.42. The van der Waals surface area contributed by atoms with Crippen molar-refractivity contribution in [3.05, 3.63) is 65.6 Å². The summed E-state index contributed by atoms with van der Waals surface area (Å²) in [5, 5.41) is 0. The number of aromatic nitrogens is 2. The minimum atomic E-state index is -0.307. The van der Waals surface area contributed by atoms with Crippen LogP contribution >= 0.6 is 0 Å². The molecule has 116 valence electrons. The largest absolute Gasteiger partial charge is 0.368 e. The Morgan fingerprint density at radius 2 is 2.13 bits per heavy atom. The zero-order valence-corrected chi connectivity index (χ0v) is 12.9. The zero-order valence-electron chi connectivity index (χ0n) is 12.9. The summed E-state index contributed by atoms with van der Waals surface area (Å²) in [6.07, 6.45) is 4.67. The van der Waals surface area contributed by atoms with Gasteiger partial charge in [-0.2, -0.15) is 0 Å². The molecule has 23 heavy (non-hydrogen) atoms. The lowest BCUT2D eigenvalue weighted by Gasteiger charge is -2.24. The van der Waals surface area contributed by atoms with E-state index in [9.17, 15) is 4.79 Å². The number of amides is 1. The predicted molar refractivity (Wildman–Crippen MR) is 89.2 cm³/mol. The van der Waals surface area contributed by atoms with E-state index in [1.807, 2.05) is 54.0 Å². The number of pyridine rings is 1. The first-order valence-corrected chi connectivity index (χ1v) is 7.70. The Balaban J connectivity index is 1.73. The molecule has 1 atom stereocenters. The van der Waals surface area contributed by atoms with Gasteiger partial charge in [0.1, 0.15) is 11.7 Å². The number of nitrogens with two attached hydrogens (primary N) is 1. The number of benzene rings is 1. The van der Waals surface area contributed by atoms with E-state index in [4.69, 9.17) is 10.7 Å². The maximum Gasteiger partial charge on any atom is 0.240 e. The summed E-state index contributed by atoms with van der Waals surface area (Å²) in [7, 11) is 0. The Morgan fingerprint density at radius 1 is 1.30 bits per heavy atom. The van der Waals surface area contributed by atoms with Gasteiger partial charge >= 0.3 is 0 Å². The molecular formula is C18H18N4O. The summed E-state index contributed by atoms with van der Waals surface area (Å²) in [6.45, 7) is 2.62. The van der Waals surface area contributed by atoms with Crippen LogP contribution in [-0.4, -0.2) is 21.3 Å². The molecule has 1 amide bonds. The van der Waals surface area contributed by atoms with Gasteiger partial charge in [-0.1, -0.05) is 24.3 Å². The van der Waals surface area contributed by atoms with Gasteiger partial charge in [0, 0.05) is 24.5 Å². The summed E-state index contributed by atoms with van der Waals surface area (Å²) in [5.41, 5.74) is 10.9. The second-order valence-corrected chi connectivity index (χ2v) is 6.03. The molecule has 0 saturated heterocycles. The monoisotopic (exact) mass is 306 g/mol. The molecule has 5 nitrogen and oxygen atoms in total. The molecule has 0 fully saturated rings. The van der Waals surface area contributed by atoms with E-state index in [0.29, 0.717) is 13.0 Å². The van der Waals surface area contributed by atoms with E-state index in [2.05, 4.69) is 11.0 Å². The number of aryl methyl sites for hydroxylation is 1. The molecule has 3 heterocycles.